The first-order valence-corrected chi connectivity index (χ1v) is 13.5. The highest BCUT2D eigenvalue weighted by Crippen LogP contribution is 2.42. The second-order valence-corrected chi connectivity index (χ2v) is 9.64. The number of hydrogen-bond acceptors (Lipinski definition) is 8. The molecule has 0 spiro atoms. The van der Waals surface area contributed by atoms with Crippen LogP contribution < -0.4 is 14.2 Å². The fourth-order valence-electron chi connectivity index (χ4n) is 4.96. The van der Waals surface area contributed by atoms with Gasteiger partial charge in [0.05, 0.1) is 45.7 Å². The molecular formula is C30H38N2O7. The number of benzene rings is 2. The summed E-state index contributed by atoms with van der Waals surface area (Å²) in [5, 5.41) is 11.4. The van der Waals surface area contributed by atoms with Crippen molar-refractivity contribution in [2.45, 2.75) is 32.2 Å². The first kappa shape index (κ1) is 28.4. The van der Waals surface area contributed by atoms with E-state index in [-0.39, 0.29) is 11.3 Å². The van der Waals surface area contributed by atoms with Gasteiger partial charge < -0.3 is 29.0 Å². The maximum atomic E-state index is 13.4. The molecule has 9 heteroatoms. The van der Waals surface area contributed by atoms with Gasteiger partial charge in [0, 0.05) is 31.7 Å². The summed E-state index contributed by atoms with van der Waals surface area (Å²) in [6.07, 6.45) is 3.10. The van der Waals surface area contributed by atoms with Crippen LogP contribution in [-0.4, -0.2) is 86.8 Å². The Morgan fingerprint density at radius 3 is 2.51 bits per heavy atom. The summed E-state index contributed by atoms with van der Waals surface area (Å²) in [5.74, 6) is 0.0191. The minimum atomic E-state index is -0.791. The third-order valence-corrected chi connectivity index (χ3v) is 7.15. The van der Waals surface area contributed by atoms with E-state index < -0.39 is 17.7 Å². The Hall–Kier alpha value is -3.56. The minimum absolute atomic E-state index is 0.0360. The van der Waals surface area contributed by atoms with Gasteiger partial charge >= 0.3 is 0 Å². The molecule has 0 bridgehead atoms. The summed E-state index contributed by atoms with van der Waals surface area (Å²) >= 11 is 0. The highest BCUT2D eigenvalue weighted by atomic mass is 16.5. The fraction of sp³-hybridized carbons (Fsp3) is 0.467. The van der Waals surface area contributed by atoms with Gasteiger partial charge in [-0.2, -0.15) is 0 Å². The normalized spacial score (nSPS) is 19.4. The predicted octanol–water partition coefficient (Wildman–Crippen LogP) is 4.03. The van der Waals surface area contributed by atoms with Crippen LogP contribution in [0.25, 0.3) is 5.76 Å². The average Bonchev–Trinajstić information content (AvgIpc) is 3.23. The maximum absolute atomic E-state index is 13.4. The lowest BCUT2D eigenvalue weighted by atomic mass is 9.95. The van der Waals surface area contributed by atoms with E-state index in [0.29, 0.717) is 61.3 Å². The number of aliphatic hydroxyl groups excluding tert-OH is 1. The zero-order chi connectivity index (χ0) is 27.8. The summed E-state index contributed by atoms with van der Waals surface area (Å²) < 4.78 is 22.3. The Bertz CT molecular complexity index is 1190. The molecule has 2 saturated heterocycles. The second-order valence-electron chi connectivity index (χ2n) is 9.64. The molecule has 0 aliphatic carbocycles. The molecule has 1 amide bonds. The molecule has 2 aromatic carbocycles. The third-order valence-electron chi connectivity index (χ3n) is 7.15. The molecule has 0 saturated carbocycles. The van der Waals surface area contributed by atoms with Crippen molar-refractivity contribution in [1.82, 2.24) is 9.80 Å². The van der Waals surface area contributed by atoms with E-state index >= 15 is 0 Å². The Balaban J connectivity index is 1.72. The number of aliphatic hydroxyl groups is 1. The standard InChI is InChI=1S/C30H38N2O7/c1-4-5-6-16-39-24-11-10-21(20-25(24)37-3)27-26(28(33)22-8-7-9-23(19-22)36-2)29(34)30(35)32(27)13-12-31-14-17-38-18-15-31/h7-11,19-20,27,33H,4-6,12-18H2,1-3H3. The zero-order valence-corrected chi connectivity index (χ0v) is 23.0. The van der Waals surface area contributed by atoms with Gasteiger partial charge in [0.1, 0.15) is 11.5 Å². The third kappa shape index (κ3) is 6.54. The highest BCUT2D eigenvalue weighted by Gasteiger charge is 2.46. The van der Waals surface area contributed by atoms with E-state index in [2.05, 4.69) is 11.8 Å². The molecule has 2 aliphatic heterocycles. The second kappa shape index (κ2) is 13.5. The molecule has 2 heterocycles. The number of morpholine rings is 1. The van der Waals surface area contributed by atoms with Crippen molar-refractivity contribution in [1.29, 1.82) is 0 Å². The number of amides is 1. The lowest BCUT2D eigenvalue weighted by Gasteiger charge is -2.31. The van der Waals surface area contributed by atoms with E-state index in [9.17, 15) is 14.7 Å². The van der Waals surface area contributed by atoms with Crippen molar-refractivity contribution >= 4 is 17.4 Å². The molecule has 0 aromatic heterocycles. The topological polar surface area (TPSA) is 97.8 Å². The average molecular weight is 539 g/mol. The van der Waals surface area contributed by atoms with E-state index in [1.165, 1.54) is 7.11 Å². The quantitative estimate of drug-likeness (QED) is 0.187. The van der Waals surface area contributed by atoms with Gasteiger partial charge in [-0.15, -0.1) is 0 Å². The Morgan fingerprint density at radius 1 is 1.00 bits per heavy atom. The van der Waals surface area contributed by atoms with E-state index in [1.807, 2.05) is 6.07 Å². The van der Waals surface area contributed by atoms with Crippen molar-refractivity contribution in [2.75, 3.05) is 60.2 Å². The molecule has 1 atom stereocenters. The van der Waals surface area contributed by atoms with Crippen molar-refractivity contribution < 1.29 is 33.6 Å². The SMILES string of the molecule is CCCCCOc1ccc(C2C(=C(O)c3cccc(OC)c3)C(=O)C(=O)N2CCN2CCOCC2)cc1OC. The molecule has 39 heavy (non-hydrogen) atoms. The first-order chi connectivity index (χ1) is 19.0. The van der Waals surface area contributed by atoms with Crippen molar-refractivity contribution in [3.63, 3.8) is 0 Å². The lowest BCUT2D eigenvalue weighted by Crippen LogP contribution is -2.42. The number of carbonyl (C=O) groups excluding carboxylic acids is 2. The summed E-state index contributed by atoms with van der Waals surface area (Å²) in [5.41, 5.74) is 1.08. The molecule has 1 unspecified atom stereocenters. The van der Waals surface area contributed by atoms with Crippen LogP contribution in [0.15, 0.2) is 48.0 Å². The smallest absolute Gasteiger partial charge is 0.295 e. The molecule has 2 aromatic rings. The number of carbonyl (C=O) groups is 2. The number of nitrogens with zero attached hydrogens (tertiary/aromatic N) is 2. The van der Waals surface area contributed by atoms with Gasteiger partial charge in [-0.05, 0) is 36.2 Å². The van der Waals surface area contributed by atoms with Crippen LogP contribution in [0.4, 0.5) is 0 Å². The van der Waals surface area contributed by atoms with E-state index in [1.54, 1.807) is 48.4 Å². The number of rotatable bonds is 12. The zero-order valence-electron chi connectivity index (χ0n) is 23.0. The van der Waals surface area contributed by atoms with Gasteiger partial charge in [0.15, 0.2) is 11.5 Å². The first-order valence-electron chi connectivity index (χ1n) is 13.5. The molecule has 9 nitrogen and oxygen atoms in total. The number of Topliss-reactive ketones (excluding diaryl/α,β-unsaturated/α-hetero) is 1. The number of unbranched alkanes of at least 4 members (excludes halogenated alkanes) is 2. The van der Waals surface area contributed by atoms with Gasteiger partial charge in [-0.25, -0.2) is 0 Å². The van der Waals surface area contributed by atoms with Crippen molar-refractivity contribution in [2.24, 2.45) is 0 Å². The summed E-state index contributed by atoms with van der Waals surface area (Å²) in [7, 11) is 3.09. The lowest BCUT2D eigenvalue weighted by molar-refractivity contribution is -0.140. The van der Waals surface area contributed by atoms with Crippen molar-refractivity contribution in [3.8, 4) is 17.2 Å². The van der Waals surface area contributed by atoms with Gasteiger partial charge in [0.2, 0.25) is 0 Å². The molecule has 0 radical (unpaired) electrons. The molecule has 4 rings (SSSR count). The van der Waals surface area contributed by atoms with Gasteiger partial charge in [-0.1, -0.05) is 38.0 Å². The van der Waals surface area contributed by atoms with Crippen LogP contribution in [-0.2, 0) is 14.3 Å². The molecule has 2 fully saturated rings. The molecule has 210 valence electrons. The number of likely N-dealkylation sites (tertiary alicyclic amines) is 1. The summed E-state index contributed by atoms with van der Waals surface area (Å²) in [6.45, 7) is 6.40. The van der Waals surface area contributed by atoms with Crippen molar-refractivity contribution in [3.05, 3.63) is 59.2 Å². The number of ether oxygens (including phenoxy) is 4. The Labute approximate surface area is 229 Å². The number of ketones is 1. The van der Waals surface area contributed by atoms with Crippen LogP contribution in [0.3, 0.4) is 0 Å². The molecule has 2 aliphatic rings. The number of hydrogen-bond donors (Lipinski definition) is 1. The summed E-state index contributed by atoms with van der Waals surface area (Å²) in [6, 6.07) is 11.4. The van der Waals surface area contributed by atoms with E-state index in [4.69, 9.17) is 18.9 Å². The van der Waals surface area contributed by atoms with Gasteiger partial charge in [-0.3, -0.25) is 14.5 Å². The highest BCUT2D eigenvalue weighted by molar-refractivity contribution is 6.46. The summed E-state index contributed by atoms with van der Waals surface area (Å²) in [4.78, 5) is 30.5. The number of methoxy groups -OCH3 is 2. The minimum Gasteiger partial charge on any atom is -0.507 e. The largest absolute Gasteiger partial charge is 0.507 e. The van der Waals surface area contributed by atoms with Gasteiger partial charge in [0.25, 0.3) is 11.7 Å². The van der Waals surface area contributed by atoms with E-state index in [0.717, 1.165) is 32.4 Å². The monoisotopic (exact) mass is 538 g/mol. The van der Waals surface area contributed by atoms with Crippen LogP contribution >= 0.6 is 0 Å². The predicted molar refractivity (Wildman–Crippen MR) is 147 cm³/mol. The molecule has 1 N–H and O–H groups in total. The van der Waals surface area contributed by atoms with Crippen LogP contribution in [0.5, 0.6) is 17.2 Å². The maximum Gasteiger partial charge on any atom is 0.295 e. The van der Waals surface area contributed by atoms with Crippen LogP contribution in [0.1, 0.15) is 43.4 Å². The molecular weight excluding hydrogens is 500 g/mol. The Kier molecular flexibility index (Phi) is 9.84. The van der Waals surface area contributed by atoms with Crippen LogP contribution in [0.2, 0.25) is 0 Å². The van der Waals surface area contributed by atoms with Crippen LogP contribution in [0, 0.1) is 0 Å². The Morgan fingerprint density at radius 2 is 1.79 bits per heavy atom. The fourth-order valence-corrected chi connectivity index (χ4v) is 4.96.